The monoisotopic (exact) mass is 341 g/mol. The van der Waals surface area contributed by atoms with Crippen LogP contribution in [0.4, 0.5) is 5.69 Å². The number of ketones is 1. The van der Waals surface area contributed by atoms with Gasteiger partial charge >= 0.3 is 0 Å². The molecular formula is C16H24BrNO2. The Balaban J connectivity index is 2.49. The SMILES string of the molecule is CCCCCCCCOc1c(N)cc(Br)cc1C(C)=O. The zero-order valence-corrected chi connectivity index (χ0v) is 14.0. The van der Waals surface area contributed by atoms with Crippen molar-refractivity contribution >= 4 is 27.4 Å². The van der Waals surface area contributed by atoms with Crippen molar-refractivity contribution in [3.05, 3.63) is 22.2 Å². The number of hydrogen-bond acceptors (Lipinski definition) is 3. The molecule has 1 aromatic rings. The van der Waals surface area contributed by atoms with E-state index in [1.54, 1.807) is 12.1 Å². The van der Waals surface area contributed by atoms with Crippen molar-refractivity contribution in [1.29, 1.82) is 0 Å². The van der Waals surface area contributed by atoms with Crippen molar-refractivity contribution in [1.82, 2.24) is 0 Å². The van der Waals surface area contributed by atoms with E-state index >= 15 is 0 Å². The molecule has 0 spiro atoms. The van der Waals surface area contributed by atoms with Gasteiger partial charge < -0.3 is 10.5 Å². The minimum absolute atomic E-state index is 0.0315. The Morgan fingerprint density at radius 3 is 2.50 bits per heavy atom. The molecule has 3 nitrogen and oxygen atoms in total. The van der Waals surface area contributed by atoms with Crippen LogP contribution in [-0.2, 0) is 0 Å². The van der Waals surface area contributed by atoms with Crippen molar-refractivity contribution in [2.75, 3.05) is 12.3 Å². The van der Waals surface area contributed by atoms with Crippen LogP contribution in [0.2, 0.25) is 0 Å². The molecule has 0 aromatic heterocycles. The van der Waals surface area contributed by atoms with E-state index in [9.17, 15) is 4.79 Å². The minimum atomic E-state index is -0.0315. The molecule has 0 amide bonds. The highest BCUT2D eigenvalue weighted by Gasteiger charge is 2.13. The maximum Gasteiger partial charge on any atom is 0.163 e. The van der Waals surface area contributed by atoms with Gasteiger partial charge in [-0.2, -0.15) is 0 Å². The van der Waals surface area contributed by atoms with Crippen molar-refractivity contribution in [2.24, 2.45) is 0 Å². The molecule has 0 radical (unpaired) electrons. The topological polar surface area (TPSA) is 52.3 Å². The van der Waals surface area contributed by atoms with E-state index in [4.69, 9.17) is 10.5 Å². The van der Waals surface area contributed by atoms with Crippen molar-refractivity contribution in [2.45, 2.75) is 52.4 Å². The molecule has 0 saturated carbocycles. The van der Waals surface area contributed by atoms with Gasteiger partial charge in [-0.1, -0.05) is 55.0 Å². The van der Waals surface area contributed by atoms with Crippen LogP contribution in [0.1, 0.15) is 62.7 Å². The number of nitrogen functional groups attached to an aromatic ring is 1. The Hall–Kier alpha value is -1.03. The normalized spacial score (nSPS) is 10.6. The van der Waals surface area contributed by atoms with Gasteiger partial charge in [-0.05, 0) is 25.5 Å². The van der Waals surface area contributed by atoms with Gasteiger partial charge in [0.2, 0.25) is 0 Å². The Kier molecular flexibility index (Phi) is 7.67. The maximum atomic E-state index is 11.6. The molecule has 0 aliphatic rings. The summed E-state index contributed by atoms with van der Waals surface area (Å²) in [7, 11) is 0. The van der Waals surface area contributed by atoms with Crippen LogP contribution in [0.15, 0.2) is 16.6 Å². The number of Topliss-reactive ketones (excluding diaryl/α,β-unsaturated/α-hetero) is 1. The van der Waals surface area contributed by atoms with Gasteiger partial charge in [0, 0.05) is 4.47 Å². The van der Waals surface area contributed by atoms with Gasteiger partial charge in [0.1, 0.15) is 0 Å². The van der Waals surface area contributed by atoms with Crippen molar-refractivity contribution in [3.63, 3.8) is 0 Å². The summed E-state index contributed by atoms with van der Waals surface area (Å²) in [6, 6.07) is 3.53. The quantitative estimate of drug-likeness (QED) is 0.391. The maximum absolute atomic E-state index is 11.6. The number of anilines is 1. The summed E-state index contributed by atoms with van der Waals surface area (Å²) in [5, 5.41) is 0. The molecule has 0 atom stereocenters. The Morgan fingerprint density at radius 1 is 1.20 bits per heavy atom. The summed E-state index contributed by atoms with van der Waals surface area (Å²) < 4.78 is 6.52. The summed E-state index contributed by atoms with van der Waals surface area (Å²) in [5.41, 5.74) is 6.99. The number of rotatable bonds is 9. The lowest BCUT2D eigenvalue weighted by Gasteiger charge is -2.13. The number of ether oxygens (including phenoxy) is 1. The largest absolute Gasteiger partial charge is 0.491 e. The average Bonchev–Trinajstić information content (AvgIpc) is 2.39. The Bertz CT molecular complexity index is 446. The van der Waals surface area contributed by atoms with E-state index in [-0.39, 0.29) is 5.78 Å². The smallest absolute Gasteiger partial charge is 0.163 e. The average molecular weight is 342 g/mol. The second-order valence-electron chi connectivity index (χ2n) is 5.04. The Morgan fingerprint density at radius 2 is 1.85 bits per heavy atom. The summed E-state index contributed by atoms with van der Waals surface area (Å²) in [6.45, 7) is 4.35. The summed E-state index contributed by atoms with van der Waals surface area (Å²) in [5.74, 6) is 0.491. The van der Waals surface area contributed by atoms with Crippen LogP contribution in [0.25, 0.3) is 0 Å². The molecule has 4 heteroatoms. The molecule has 0 bridgehead atoms. The first-order valence-corrected chi connectivity index (χ1v) is 8.08. The first-order valence-electron chi connectivity index (χ1n) is 7.29. The number of benzene rings is 1. The number of carbonyl (C=O) groups is 1. The van der Waals surface area contributed by atoms with Crippen LogP contribution in [-0.4, -0.2) is 12.4 Å². The van der Waals surface area contributed by atoms with Gasteiger partial charge in [-0.15, -0.1) is 0 Å². The molecule has 112 valence electrons. The lowest BCUT2D eigenvalue weighted by molar-refractivity contribution is 0.101. The van der Waals surface area contributed by atoms with Gasteiger partial charge in [-0.25, -0.2) is 0 Å². The fourth-order valence-electron chi connectivity index (χ4n) is 2.09. The van der Waals surface area contributed by atoms with Crippen LogP contribution in [0.3, 0.4) is 0 Å². The highest BCUT2D eigenvalue weighted by Crippen LogP contribution is 2.31. The molecule has 1 aromatic carbocycles. The van der Waals surface area contributed by atoms with Crippen LogP contribution >= 0.6 is 15.9 Å². The third-order valence-electron chi connectivity index (χ3n) is 3.21. The Labute approximate surface area is 130 Å². The predicted octanol–water partition coefficient (Wildman–Crippen LogP) is 4.97. The third-order valence-corrected chi connectivity index (χ3v) is 3.66. The van der Waals surface area contributed by atoms with Gasteiger partial charge in [0.25, 0.3) is 0 Å². The summed E-state index contributed by atoms with van der Waals surface area (Å²) >= 11 is 3.34. The van der Waals surface area contributed by atoms with E-state index in [0.717, 1.165) is 17.3 Å². The van der Waals surface area contributed by atoms with Crippen LogP contribution < -0.4 is 10.5 Å². The molecule has 20 heavy (non-hydrogen) atoms. The van der Waals surface area contributed by atoms with Crippen LogP contribution in [0, 0.1) is 0 Å². The standard InChI is InChI=1S/C16H24BrNO2/c1-3-4-5-6-7-8-9-20-16-14(12(2)19)10-13(17)11-15(16)18/h10-11H,3-9,18H2,1-2H3. The molecule has 0 aliphatic heterocycles. The predicted molar refractivity (Wildman–Crippen MR) is 87.4 cm³/mol. The molecule has 1 rings (SSSR count). The number of hydrogen-bond donors (Lipinski definition) is 1. The van der Waals surface area contributed by atoms with E-state index in [1.807, 2.05) is 0 Å². The number of carbonyl (C=O) groups excluding carboxylic acids is 1. The van der Waals surface area contributed by atoms with Gasteiger partial charge in [-0.3, -0.25) is 4.79 Å². The third kappa shape index (κ3) is 5.53. The lowest BCUT2D eigenvalue weighted by Crippen LogP contribution is -2.06. The molecule has 2 N–H and O–H groups in total. The highest BCUT2D eigenvalue weighted by atomic mass is 79.9. The highest BCUT2D eigenvalue weighted by molar-refractivity contribution is 9.10. The molecule has 0 saturated heterocycles. The number of halogens is 1. The second kappa shape index (κ2) is 9.01. The minimum Gasteiger partial charge on any atom is -0.491 e. The van der Waals surface area contributed by atoms with Crippen molar-refractivity contribution < 1.29 is 9.53 Å². The fraction of sp³-hybridized carbons (Fsp3) is 0.562. The van der Waals surface area contributed by atoms with E-state index in [2.05, 4.69) is 22.9 Å². The van der Waals surface area contributed by atoms with E-state index in [1.165, 1.54) is 32.6 Å². The molecule has 0 unspecified atom stereocenters. The second-order valence-corrected chi connectivity index (χ2v) is 5.96. The first-order chi connectivity index (χ1) is 9.56. The molecular weight excluding hydrogens is 318 g/mol. The summed E-state index contributed by atoms with van der Waals surface area (Å²) in [4.78, 5) is 11.6. The molecule has 0 aliphatic carbocycles. The zero-order valence-electron chi connectivity index (χ0n) is 12.4. The summed E-state index contributed by atoms with van der Waals surface area (Å²) in [6.07, 6.45) is 7.24. The van der Waals surface area contributed by atoms with Crippen molar-refractivity contribution in [3.8, 4) is 5.75 Å². The van der Waals surface area contributed by atoms with E-state index < -0.39 is 0 Å². The van der Waals surface area contributed by atoms with Gasteiger partial charge in [0.05, 0.1) is 17.9 Å². The van der Waals surface area contributed by atoms with E-state index in [0.29, 0.717) is 23.6 Å². The van der Waals surface area contributed by atoms with Crippen LogP contribution in [0.5, 0.6) is 5.75 Å². The number of nitrogens with two attached hydrogens (primary N) is 1. The van der Waals surface area contributed by atoms with Gasteiger partial charge in [0.15, 0.2) is 11.5 Å². The lowest BCUT2D eigenvalue weighted by atomic mass is 10.1. The number of unbranched alkanes of at least 4 members (excludes halogenated alkanes) is 5. The first kappa shape index (κ1) is 17.0. The molecule has 0 fully saturated rings. The fourth-order valence-corrected chi connectivity index (χ4v) is 2.57. The molecule has 0 heterocycles. The zero-order chi connectivity index (χ0) is 15.0.